The van der Waals surface area contributed by atoms with E-state index in [4.69, 9.17) is 27.1 Å². The number of nitrogens with one attached hydrogen (secondary N) is 1. The molecule has 11 nitrogen and oxygen atoms in total. The van der Waals surface area contributed by atoms with Crippen LogP contribution in [0, 0.1) is 0 Å². The van der Waals surface area contributed by atoms with Crippen molar-refractivity contribution in [3.63, 3.8) is 0 Å². The van der Waals surface area contributed by atoms with E-state index in [1.54, 1.807) is 36.5 Å². The first-order chi connectivity index (χ1) is 17.6. The number of pyridine rings is 1. The summed E-state index contributed by atoms with van der Waals surface area (Å²) < 4.78 is 37.4. The number of hydrogen-bond donors (Lipinski definition) is 4. The Balaban J connectivity index is 0.000000248. The van der Waals surface area contributed by atoms with E-state index < -0.39 is 10.4 Å². The van der Waals surface area contributed by atoms with Gasteiger partial charge in [-0.05, 0) is 36.4 Å². The molecule has 0 aliphatic rings. The van der Waals surface area contributed by atoms with Crippen LogP contribution in [0.15, 0.2) is 96.3 Å². The molecule has 0 radical (unpaired) electrons. The number of ether oxygens (including phenoxy) is 1. The smallest absolute Gasteiger partial charge is 0.394 e. The lowest BCUT2D eigenvalue weighted by atomic mass is 10.1. The first kappa shape index (κ1) is 28.7. The molecule has 37 heavy (non-hydrogen) atoms. The number of amides is 1. The Kier molecular flexibility index (Phi) is 11.0. The lowest BCUT2D eigenvalue weighted by Gasteiger charge is -2.11. The molecule has 0 fully saturated rings. The number of benzene rings is 3. The SMILES string of the molecule is CNC(=O)/C(=N/OC)c1ccccc1Oc1ccccc1.O=S(=O)(O)O.Oc1cccc2cccnc12. The van der Waals surface area contributed by atoms with Crippen LogP contribution in [-0.4, -0.2) is 53.4 Å². The number of aromatic hydroxyl groups is 1. The van der Waals surface area contributed by atoms with Gasteiger partial charge in [0.1, 0.15) is 29.9 Å². The van der Waals surface area contributed by atoms with Gasteiger partial charge < -0.3 is 20.0 Å². The molecule has 4 N–H and O–H groups in total. The van der Waals surface area contributed by atoms with Gasteiger partial charge in [0.15, 0.2) is 5.71 Å². The van der Waals surface area contributed by atoms with Crippen molar-refractivity contribution in [2.45, 2.75) is 0 Å². The Hall–Kier alpha value is -4.52. The molecule has 0 spiro atoms. The minimum absolute atomic E-state index is 0.159. The summed E-state index contributed by atoms with van der Waals surface area (Å²) in [5.41, 5.74) is 1.38. The highest BCUT2D eigenvalue weighted by Gasteiger charge is 2.18. The minimum Gasteiger partial charge on any atom is -0.506 e. The fourth-order valence-corrected chi connectivity index (χ4v) is 2.88. The summed E-state index contributed by atoms with van der Waals surface area (Å²) in [6, 6.07) is 25.6. The molecular weight excluding hydrogens is 502 g/mol. The molecule has 4 aromatic rings. The van der Waals surface area contributed by atoms with Gasteiger partial charge in [-0.2, -0.15) is 8.42 Å². The second-order valence-corrected chi connectivity index (χ2v) is 7.81. The van der Waals surface area contributed by atoms with Gasteiger partial charge in [-0.15, -0.1) is 0 Å². The molecule has 0 aliphatic carbocycles. The number of para-hydroxylation sites is 3. The Morgan fingerprint density at radius 1 is 0.919 bits per heavy atom. The maximum absolute atomic E-state index is 11.9. The van der Waals surface area contributed by atoms with Gasteiger partial charge in [0, 0.05) is 18.6 Å². The fraction of sp³-hybridized carbons (Fsp3) is 0.0800. The summed E-state index contributed by atoms with van der Waals surface area (Å²) in [4.78, 5) is 20.7. The number of fused-ring (bicyclic) bond motifs is 1. The van der Waals surface area contributed by atoms with E-state index in [-0.39, 0.29) is 17.4 Å². The molecule has 0 aliphatic heterocycles. The van der Waals surface area contributed by atoms with Gasteiger partial charge in [-0.3, -0.25) is 18.9 Å². The quantitative estimate of drug-likeness (QED) is 0.171. The van der Waals surface area contributed by atoms with E-state index in [9.17, 15) is 9.90 Å². The fourth-order valence-electron chi connectivity index (χ4n) is 2.88. The first-order valence-electron chi connectivity index (χ1n) is 10.5. The summed E-state index contributed by atoms with van der Waals surface area (Å²) in [6.45, 7) is 0. The summed E-state index contributed by atoms with van der Waals surface area (Å²) in [7, 11) is -1.74. The molecule has 194 valence electrons. The Bertz CT molecular complexity index is 1430. The minimum atomic E-state index is -4.67. The summed E-state index contributed by atoms with van der Waals surface area (Å²) >= 11 is 0. The average Bonchev–Trinajstić information content (AvgIpc) is 2.88. The van der Waals surface area contributed by atoms with Crippen LogP contribution in [0.1, 0.15) is 5.56 Å². The molecule has 3 aromatic carbocycles. The van der Waals surface area contributed by atoms with Crippen molar-refractivity contribution in [2.75, 3.05) is 14.2 Å². The van der Waals surface area contributed by atoms with Crippen LogP contribution in [0.2, 0.25) is 0 Å². The third-order valence-electron chi connectivity index (χ3n) is 4.35. The molecule has 0 saturated carbocycles. The molecule has 12 heteroatoms. The van der Waals surface area contributed by atoms with Crippen molar-refractivity contribution in [2.24, 2.45) is 5.16 Å². The molecule has 0 saturated heterocycles. The number of phenols is 1. The highest BCUT2D eigenvalue weighted by molar-refractivity contribution is 7.79. The molecule has 0 bridgehead atoms. The molecule has 0 atom stereocenters. The predicted molar refractivity (Wildman–Crippen MR) is 138 cm³/mol. The summed E-state index contributed by atoms with van der Waals surface area (Å²) in [5.74, 6) is 1.10. The number of oxime groups is 1. The molecule has 0 unspecified atom stereocenters. The Labute approximate surface area is 213 Å². The molecule has 1 aromatic heterocycles. The van der Waals surface area contributed by atoms with E-state index in [1.165, 1.54) is 14.2 Å². The van der Waals surface area contributed by atoms with Gasteiger partial charge in [0.05, 0.1) is 5.56 Å². The maximum atomic E-state index is 11.9. The van der Waals surface area contributed by atoms with Crippen molar-refractivity contribution < 1.29 is 37.0 Å². The van der Waals surface area contributed by atoms with Crippen LogP contribution in [0.25, 0.3) is 10.9 Å². The zero-order valence-corrected chi connectivity index (χ0v) is 20.7. The van der Waals surface area contributed by atoms with E-state index in [2.05, 4.69) is 15.5 Å². The van der Waals surface area contributed by atoms with E-state index >= 15 is 0 Å². The number of carbonyl (C=O) groups excluding carboxylic acids is 1. The highest BCUT2D eigenvalue weighted by Crippen LogP contribution is 2.26. The molecule has 1 amide bonds. The Morgan fingerprint density at radius 2 is 1.54 bits per heavy atom. The number of rotatable bonds is 5. The van der Waals surface area contributed by atoms with E-state index in [0.717, 1.165) is 5.39 Å². The lowest BCUT2D eigenvalue weighted by molar-refractivity contribution is -0.114. The van der Waals surface area contributed by atoms with Crippen LogP contribution in [0.4, 0.5) is 0 Å². The molecular formula is C25H25N3O8S. The third kappa shape index (κ3) is 9.93. The summed E-state index contributed by atoms with van der Waals surface area (Å²) in [6.07, 6.45) is 1.67. The van der Waals surface area contributed by atoms with Crippen LogP contribution in [0.3, 0.4) is 0 Å². The molecule has 1 heterocycles. The number of likely N-dealkylation sites (N-methyl/N-ethyl adjacent to an activating group) is 1. The zero-order valence-electron chi connectivity index (χ0n) is 19.8. The number of carbonyl (C=O) groups is 1. The summed E-state index contributed by atoms with van der Waals surface area (Å²) in [5, 5.41) is 16.6. The zero-order chi connectivity index (χ0) is 27.3. The number of phenolic OH excluding ortho intramolecular Hbond substituents is 1. The van der Waals surface area contributed by atoms with E-state index in [0.29, 0.717) is 22.6 Å². The van der Waals surface area contributed by atoms with Crippen molar-refractivity contribution in [1.82, 2.24) is 10.3 Å². The lowest BCUT2D eigenvalue weighted by Crippen LogP contribution is -2.28. The maximum Gasteiger partial charge on any atom is 0.394 e. The highest BCUT2D eigenvalue weighted by atomic mass is 32.3. The van der Waals surface area contributed by atoms with Gasteiger partial charge in [-0.25, -0.2) is 0 Å². The standard InChI is InChI=1S/C16H16N2O3.C9H7NO.H2O4S/c1-17-16(19)15(18-20-2)13-10-6-7-11-14(13)21-12-8-4-3-5-9-12;11-8-5-1-3-7-4-2-6-10-9(7)8;1-5(2,3)4/h3-11H,1-2H3,(H,17,19);1-6,11H;(H2,1,2,3,4)/b18-15+;;. The van der Waals surface area contributed by atoms with Crippen LogP contribution < -0.4 is 10.1 Å². The normalized spacial score (nSPS) is 10.8. The van der Waals surface area contributed by atoms with Crippen molar-refractivity contribution in [1.29, 1.82) is 0 Å². The first-order valence-corrected chi connectivity index (χ1v) is 11.9. The second kappa shape index (κ2) is 14.1. The monoisotopic (exact) mass is 527 g/mol. The predicted octanol–water partition coefficient (Wildman–Crippen LogP) is 3.86. The average molecular weight is 528 g/mol. The third-order valence-corrected chi connectivity index (χ3v) is 4.35. The molecule has 4 rings (SSSR count). The van der Waals surface area contributed by atoms with Gasteiger partial charge >= 0.3 is 10.4 Å². The number of aromatic nitrogens is 1. The largest absolute Gasteiger partial charge is 0.506 e. The van der Waals surface area contributed by atoms with Gasteiger partial charge in [0.2, 0.25) is 0 Å². The van der Waals surface area contributed by atoms with Crippen LogP contribution in [0.5, 0.6) is 17.2 Å². The van der Waals surface area contributed by atoms with Crippen molar-refractivity contribution in [3.8, 4) is 17.2 Å². The van der Waals surface area contributed by atoms with Gasteiger partial charge in [0.25, 0.3) is 5.91 Å². The number of hydrogen-bond acceptors (Lipinski definition) is 8. The van der Waals surface area contributed by atoms with Crippen molar-refractivity contribution in [3.05, 3.63) is 96.7 Å². The van der Waals surface area contributed by atoms with Crippen molar-refractivity contribution >= 4 is 32.9 Å². The number of nitrogens with zero attached hydrogens (tertiary/aromatic N) is 2. The topological polar surface area (TPSA) is 168 Å². The second-order valence-electron chi connectivity index (χ2n) is 6.91. The van der Waals surface area contributed by atoms with Crippen LogP contribution in [-0.2, 0) is 20.0 Å². The van der Waals surface area contributed by atoms with Gasteiger partial charge in [-0.1, -0.05) is 53.7 Å². The van der Waals surface area contributed by atoms with Crippen LogP contribution >= 0.6 is 0 Å². The van der Waals surface area contributed by atoms with E-state index in [1.807, 2.05) is 54.6 Å². The Morgan fingerprint density at radius 3 is 2.16 bits per heavy atom.